The molecule has 0 spiro atoms. The van der Waals surface area contributed by atoms with E-state index in [9.17, 15) is 0 Å². The molecule has 1 aliphatic rings. The summed E-state index contributed by atoms with van der Waals surface area (Å²) < 4.78 is 5.25. The first kappa shape index (κ1) is 14.1. The fourth-order valence-electron chi connectivity index (χ4n) is 2.94. The van der Waals surface area contributed by atoms with Crippen molar-refractivity contribution in [2.24, 2.45) is 0 Å². The Morgan fingerprint density at radius 2 is 1.86 bits per heavy atom. The minimum Gasteiger partial charge on any atom is -0.369 e. The standard InChI is InChI=1S/C17H23N3O/c1-13-5-4-6-16(11-13)20-9-7-19(8-10-20)12-17-14(2)18-21-15(17)3/h4-6,11H,7-10,12H2,1-3H3. The molecule has 0 aliphatic carbocycles. The quantitative estimate of drug-likeness (QED) is 0.868. The number of anilines is 1. The molecule has 2 heterocycles. The van der Waals surface area contributed by atoms with Gasteiger partial charge in [-0.25, -0.2) is 0 Å². The lowest BCUT2D eigenvalue weighted by Gasteiger charge is -2.36. The molecule has 1 aromatic carbocycles. The average molecular weight is 285 g/mol. The fraction of sp³-hybridized carbons (Fsp3) is 0.471. The molecule has 0 N–H and O–H groups in total. The van der Waals surface area contributed by atoms with E-state index in [4.69, 9.17) is 4.52 Å². The second kappa shape index (κ2) is 5.90. The third kappa shape index (κ3) is 3.10. The topological polar surface area (TPSA) is 32.5 Å². The van der Waals surface area contributed by atoms with E-state index in [-0.39, 0.29) is 0 Å². The van der Waals surface area contributed by atoms with Crippen molar-refractivity contribution >= 4 is 5.69 Å². The maximum Gasteiger partial charge on any atom is 0.138 e. The molecule has 0 saturated carbocycles. The highest BCUT2D eigenvalue weighted by atomic mass is 16.5. The molecule has 0 amide bonds. The zero-order valence-corrected chi connectivity index (χ0v) is 13.1. The summed E-state index contributed by atoms with van der Waals surface area (Å²) in [6.45, 7) is 11.4. The maximum absolute atomic E-state index is 5.25. The number of aryl methyl sites for hydroxylation is 3. The molecule has 1 saturated heterocycles. The van der Waals surface area contributed by atoms with Crippen molar-refractivity contribution in [1.82, 2.24) is 10.1 Å². The Balaban J connectivity index is 1.60. The Morgan fingerprint density at radius 3 is 2.48 bits per heavy atom. The first-order chi connectivity index (χ1) is 10.1. The second-order valence-electron chi connectivity index (χ2n) is 5.90. The lowest BCUT2D eigenvalue weighted by Crippen LogP contribution is -2.46. The van der Waals surface area contributed by atoms with Gasteiger partial charge in [0, 0.05) is 44.0 Å². The Morgan fingerprint density at radius 1 is 1.10 bits per heavy atom. The summed E-state index contributed by atoms with van der Waals surface area (Å²) in [5, 5.41) is 4.04. The zero-order valence-electron chi connectivity index (χ0n) is 13.1. The van der Waals surface area contributed by atoms with Crippen LogP contribution in [-0.2, 0) is 6.54 Å². The van der Waals surface area contributed by atoms with Gasteiger partial charge in [0.15, 0.2) is 0 Å². The number of hydrogen-bond acceptors (Lipinski definition) is 4. The Labute approximate surface area is 126 Å². The maximum atomic E-state index is 5.25. The molecule has 4 heteroatoms. The van der Waals surface area contributed by atoms with Gasteiger partial charge in [0.05, 0.1) is 5.69 Å². The first-order valence-corrected chi connectivity index (χ1v) is 7.59. The molecular weight excluding hydrogens is 262 g/mol. The predicted octanol–water partition coefficient (Wildman–Crippen LogP) is 2.92. The van der Waals surface area contributed by atoms with Gasteiger partial charge in [-0.1, -0.05) is 17.3 Å². The molecule has 0 bridgehead atoms. The number of aromatic nitrogens is 1. The SMILES string of the molecule is Cc1cccc(N2CCN(Cc3c(C)noc3C)CC2)c1. The van der Waals surface area contributed by atoms with Crippen molar-refractivity contribution < 1.29 is 4.52 Å². The molecule has 0 unspecified atom stereocenters. The minimum absolute atomic E-state index is 0.947. The summed E-state index contributed by atoms with van der Waals surface area (Å²) >= 11 is 0. The van der Waals surface area contributed by atoms with Crippen LogP contribution in [0.15, 0.2) is 28.8 Å². The van der Waals surface area contributed by atoms with E-state index in [1.807, 2.05) is 13.8 Å². The van der Waals surface area contributed by atoms with E-state index in [0.717, 1.165) is 44.2 Å². The largest absolute Gasteiger partial charge is 0.369 e. The lowest BCUT2D eigenvalue weighted by molar-refractivity contribution is 0.248. The van der Waals surface area contributed by atoms with Crippen LogP contribution in [-0.4, -0.2) is 36.2 Å². The van der Waals surface area contributed by atoms with Crippen molar-refractivity contribution in [1.29, 1.82) is 0 Å². The summed E-state index contributed by atoms with van der Waals surface area (Å²) in [5.74, 6) is 0.952. The van der Waals surface area contributed by atoms with Gasteiger partial charge in [0.25, 0.3) is 0 Å². The van der Waals surface area contributed by atoms with Crippen LogP contribution in [0.25, 0.3) is 0 Å². The van der Waals surface area contributed by atoms with Crippen LogP contribution in [0, 0.1) is 20.8 Å². The zero-order chi connectivity index (χ0) is 14.8. The van der Waals surface area contributed by atoms with E-state index in [1.54, 1.807) is 0 Å². The predicted molar refractivity (Wildman–Crippen MR) is 84.6 cm³/mol. The Bertz CT molecular complexity index is 593. The van der Waals surface area contributed by atoms with Crippen molar-refractivity contribution in [2.45, 2.75) is 27.3 Å². The van der Waals surface area contributed by atoms with Crippen molar-refractivity contribution in [2.75, 3.05) is 31.1 Å². The molecule has 1 fully saturated rings. The van der Waals surface area contributed by atoms with Crippen LogP contribution < -0.4 is 4.90 Å². The summed E-state index contributed by atoms with van der Waals surface area (Å²) in [7, 11) is 0. The highest BCUT2D eigenvalue weighted by molar-refractivity contribution is 5.48. The third-order valence-electron chi connectivity index (χ3n) is 4.30. The van der Waals surface area contributed by atoms with Crippen LogP contribution in [0.2, 0.25) is 0 Å². The number of rotatable bonds is 3. The van der Waals surface area contributed by atoms with Crippen LogP contribution in [0.1, 0.15) is 22.6 Å². The van der Waals surface area contributed by atoms with E-state index in [0.29, 0.717) is 0 Å². The highest BCUT2D eigenvalue weighted by Gasteiger charge is 2.20. The summed E-state index contributed by atoms with van der Waals surface area (Å²) in [6, 6.07) is 8.76. The summed E-state index contributed by atoms with van der Waals surface area (Å²) in [6.07, 6.45) is 0. The number of hydrogen-bond donors (Lipinski definition) is 0. The number of benzene rings is 1. The van der Waals surface area contributed by atoms with Crippen LogP contribution in [0.4, 0.5) is 5.69 Å². The van der Waals surface area contributed by atoms with Crippen LogP contribution in [0.3, 0.4) is 0 Å². The van der Waals surface area contributed by atoms with E-state index in [2.05, 4.69) is 46.1 Å². The lowest BCUT2D eigenvalue weighted by atomic mass is 10.1. The second-order valence-corrected chi connectivity index (χ2v) is 5.90. The van der Waals surface area contributed by atoms with Crippen molar-refractivity contribution in [3.05, 3.63) is 46.8 Å². The first-order valence-electron chi connectivity index (χ1n) is 7.59. The number of nitrogens with zero attached hydrogens (tertiary/aromatic N) is 3. The molecule has 0 atom stereocenters. The summed E-state index contributed by atoms with van der Waals surface area (Å²) in [5.41, 5.74) is 4.94. The molecule has 0 radical (unpaired) electrons. The molecular formula is C17H23N3O. The van der Waals surface area contributed by atoms with Gasteiger partial charge in [0.1, 0.15) is 5.76 Å². The van der Waals surface area contributed by atoms with E-state index >= 15 is 0 Å². The van der Waals surface area contributed by atoms with Gasteiger partial charge in [-0.15, -0.1) is 0 Å². The monoisotopic (exact) mass is 285 g/mol. The molecule has 3 rings (SSSR count). The third-order valence-corrected chi connectivity index (χ3v) is 4.30. The average Bonchev–Trinajstić information content (AvgIpc) is 2.80. The summed E-state index contributed by atoms with van der Waals surface area (Å²) in [4.78, 5) is 4.95. The molecule has 112 valence electrons. The normalized spacial score (nSPS) is 16.4. The van der Waals surface area contributed by atoms with Gasteiger partial charge in [0.2, 0.25) is 0 Å². The van der Waals surface area contributed by atoms with E-state index < -0.39 is 0 Å². The highest BCUT2D eigenvalue weighted by Crippen LogP contribution is 2.20. The van der Waals surface area contributed by atoms with Gasteiger partial charge in [-0.3, -0.25) is 4.90 Å². The number of piperazine rings is 1. The minimum atomic E-state index is 0.947. The Kier molecular flexibility index (Phi) is 3.97. The van der Waals surface area contributed by atoms with Crippen LogP contribution in [0.5, 0.6) is 0 Å². The van der Waals surface area contributed by atoms with Crippen molar-refractivity contribution in [3.63, 3.8) is 0 Å². The molecule has 4 nitrogen and oxygen atoms in total. The Hall–Kier alpha value is -1.81. The van der Waals surface area contributed by atoms with Crippen LogP contribution >= 0.6 is 0 Å². The van der Waals surface area contributed by atoms with E-state index in [1.165, 1.54) is 16.8 Å². The van der Waals surface area contributed by atoms with Gasteiger partial charge >= 0.3 is 0 Å². The molecule has 21 heavy (non-hydrogen) atoms. The molecule has 2 aromatic rings. The van der Waals surface area contributed by atoms with Crippen molar-refractivity contribution in [3.8, 4) is 0 Å². The van der Waals surface area contributed by atoms with Gasteiger partial charge in [-0.05, 0) is 38.5 Å². The van der Waals surface area contributed by atoms with Gasteiger partial charge < -0.3 is 9.42 Å². The fourth-order valence-corrected chi connectivity index (χ4v) is 2.94. The molecule has 1 aromatic heterocycles. The van der Waals surface area contributed by atoms with Gasteiger partial charge in [-0.2, -0.15) is 0 Å². The smallest absolute Gasteiger partial charge is 0.138 e. The molecule has 1 aliphatic heterocycles.